The number of nitrogens with one attached hydrogen (secondary N) is 1. The second-order valence-electron chi connectivity index (χ2n) is 6.36. The number of hydrogen-bond donors (Lipinski definition) is 1. The van der Waals surface area contributed by atoms with Gasteiger partial charge in [-0.15, -0.1) is 11.3 Å². The summed E-state index contributed by atoms with van der Waals surface area (Å²) in [6.45, 7) is 9.65. The van der Waals surface area contributed by atoms with E-state index in [1.807, 2.05) is 18.4 Å². The van der Waals surface area contributed by atoms with Crippen LogP contribution in [0.2, 0.25) is 0 Å². The Labute approximate surface area is 163 Å². The van der Waals surface area contributed by atoms with Crippen LogP contribution >= 0.6 is 11.3 Å². The highest BCUT2D eigenvalue weighted by Gasteiger charge is 2.31. The molecule has 0 aliphatic carbocycles. The van der Waals surface area contributed by atoms with Crippen molar-refractivity contribution >= 4 is 29.0 Å². The van der Waals surface area contributed by atoms with E-state index in [4.69, 9.17) is 4.74 Å². The van der Waals surface area contributed by atoms with Gasteiger partial charge in [0.25, 0.3) is 5.91 Å². The number of H-pyrrole nitrogens is 1. The van der Waals surface area contributed by atoms with Crippen molar-refractivity contribution in [2.75, 3.05) is 13.2 Å². The fourth-order valence-electron chi connectivity index (χ4n) is 3.13. The summed E-state index contributed by atoms with van der Waals surface area (Å²) in [4.78, 5) is 43.3. The summed E-state index contributed by atoms with van der Waals surface area (Å²) >= 11 is 1.36. The van der Waals surface area contributed by atoms with Crippen LogP contribution < -0.4 is 0 Å². The third-order valence-corrected chi connectivity index (χ3v) is 5.33. The minimum Gasteiger partial charge on any atom is -0.461 e. The van der Waals surface area contributed by atoms with Crippen LogP contribution in [0.25, 0.3) is 0 Å². The summed E-state index contributed by atoms with van der Waals surface area (Å²) in [5.41, 5.74) is 1.90. The van der Waals surface area contributed by atoms with Gasteiger partial charge in [-0.2, -0.15) is 0 Å². The lowest BCUT2D eigenvalue weighted by Gasteiger charge is -2.28. The molecule has 1 N–H and O–H groups in total. The second kappa shape index (κ2) is 8.99. The summed E-state index contributed by atoms with van der Waals surface area (Å²) in [5, 5.41) is 1.84. The molecule has 2 heterocycles. The maximum absolute atomic E-state index is 13.2. The average Bonchev–Trinajstić information content (AvgIpc) is 3.26. The number of rotatable bonds is 8. The molecule has 2 aromatic rings. The van der Waals surface area contributed by atoms with Crippen LogP contribution in [0.5, 0.6) is 0 Å². The van der Waals surface area contributed by atoms with Crippen LogP contribution in [0.1, 0.15) is 69.0 Å². The van der Waals surface area contributed by atoms with E-state index in [0.29, 0.717) is 28.2 Å². The van der Waals surface area contributed by atoms with Crippen LogP contribution in [0, 0.1) is 13.8 Å². The Morgan fingerprint density at radius 3 is 2.52 bits per heavy atom. The summed E-state index contributed by atoms with van der Waals surface area (Å²) in [6, 6.07) is 2.95. The van der Waals surface area contributed by atoms with Gasteiger partial charge in [-0.25, -0.2) is 4.79 Å². The standard InChI is InChI=1S/C20H26N2O4S/c1-6-10-22(19(24)15-9-8-11-27-15)14(5)18(23)16-12(3)17(21-13(16)4)20(25)26-7-2/h8-9,11,14,21H,6-7,10H2,1-5H3. The van der Waals surface area contributed by atoms with Crippen molar-refractivity contribution in [2.24, 2.45) is 0 Å². The van der Waals surface area contributed by atoms with Gasteiger partial charge in [-0.3, -0.25) is 9.59 Å². The van der Waals surface area contributed by atoms with Crippen LogP contribution in [0.3, 0.4) is 0 Å². The predicted molar refractivity (Wildman–Crippen MR) is 106 cm³/mol. The van der Waals surface area contributed by atoms with Crippen LogP contribution in [-0.2, 0) is 4.74 Å². The zero-order valence-corrected chi connectivity index (χ0v) is 17.2. The molecule has 0 fully saturated rings. The van der Waals surface area contributed by atoms with Gasteiger partial charge >= 0.3 is 5.97 Å². The number of ether oxygens (including phenoxy) is 1. The Hall–Kier alpha value is -2.41. The Morgan fingerprint density at radius 1 is 1.26 bits per heavy atom. The molecule has 7 heteroatoms. The first kappa shape index (κ1) is 20.9. The number of carbonyl (C=O) groups is 3. The summed E-state index contributed by atoms with van der Waals surface area (Å²) in [6.07, 6.45) is 0.744. The maximum atomic E-state index is 13.2. The van der Waals surface area contributed by atoms with Crippen molar-refractivity contribution in [3.63, 3.8) is 0 Å². The number of Topliss-reactive ketones (excluding diaryl/α,β-unsaturated/α-hetero) is 1. The van der Waals surface area contributed by atoms with Crippen LogP contribution in [-0.4, -0.2) is 46.7 Å². The number of carbonyl (C=O) groups excluding carboxylic acids is 3. The highest BCUT2D eigenvalue weighted by molar-refractivity contribution is 7.12. The Bertz CT molecular complexity index is 823. The molecule has 6 nitrogen and oxygen atoms in total. The summed E-state index contributed by atoms with van der Waals surface area (Å²) in [7, 11) is 0. The molecule has 0 bridgehead atoms. The Balaban J connectivity index is 2.34. The Kier molecular flexibility index (Phi) is 6.96. The maximum Gasteiger partial charge on any atom is 0.355 e. The van der Waals surface area contributed by atoms with Gasteiger partial charge in [0.05, 0.1) is 17.5 Å². The number of ketones is 1. The predicted octanol–water partition coefficient (Wildman–Crippen LogP) is 3.99. The number of nitrogens with zero attached hydrogens (tertiary/aromatic N) is 1. The molecule has 0 radical (unpaired) electrons. The number of hydrogen-bond acceptors (Lipinski definition) is 5. The van der Waals surface area contributed by atoms with Crippen molar-refractivity contribution in [1.29, 1.82) is 0 Å². The molecular weight excluding hydrogens is 364 g/mol. The van der Waals surface area contributed by atoms with Crippen molar-refractivity contribution in [1.82, 2.24) is 9.88 Å². The van der Waals surface area contributed by atoms with Gasteiger partial charge in [0.2, 0.25) is 0 Å². The molecule has 0 aliphatic heterocycles. The van der Waals surface area contributed by atoms with Gasteiger partial charge in [0.15, 0.2) is 5.78 Å². The number of thiophene rings is 1. The monoisotopic (exact) mass is 390 g/mol. The lowest BCUT2D eigenvalue weighted by atomic mass is 9.99. The molecule has 0 saturated heterocycles. The number of aromatic amines is 1. The molecular formula is C20H26N2O4S. The minimum absolute atomic E-state index is 0.149. The number of amides is 1. The third-order valence-electron chi connectivity index (χ3n) is 4.47. The van der Waals surface area contributed by atoms with Crippen molar-refractivity contribution < 1.29 is 19.1 Å². The zero-order chi connectivity index (χ0) is 20.1. The van der Waals surface area contributed by atoms with E-state index in [-0.39, 0.29) is 24.0 Å². The van der Waals surface area contributed by atoms with Gasteiger partial charge < -0.3 is 14.6 Å². The van der Waals surface area contributed by atoms with Gasteiger partial charge in [0, 0.05) is 17.8 Å². The van der Waals surface area contributed by atoms with E-state index in [0.717, 1.165) is 6.42 Å². The molecule has 0 saturated carbocycles. The SMILES string of the molecule is CCCN(C(=O)c1cccs1)C(C)C(=O)c1c(C)[nH]c(C(=O)OCC)c1C. The van der Waals surface area contributed by atoms with E-state index in [1.54, 1.807) is 38.7 Å². The minimum atomic E-state index is -0.636. The molecule has 1 amide bonds. The first-order valence-electron chi connectivity index (χ1n) is 9.08. The lowest BCUT2D eigenvalue weighted by molar-refractivity contribution is 0.0519. The van der Waals surface area contributed by atoms with Gasteiger partial charge in [-0.05, 0) is 51.1 Å². The van der Waals surface area contributed by atoms with E-state index >= 15 is 0 Å². The van der Waals surface area contributed by atoms with Gasteiger partial charge in [-0.1, -0.05) is 13.0 Å². The van der Waals surface area contributed by atoms with Crippen molar-refractivity contribution in [3.8, 4) is 0 Å². The second-order valence-corrected chi connectivity index (χ2v) is 7.31. The van der Waals surface area contributed by atoms with Crippen LogP contribution in [0.4, 0.5) is 0 Å². The van der Waals surface area contributed by atoms with E-state index in [9.17, 15) is 14.4 Å². The molecule has 0 spiro atoms. The highest BCUT2D eigenvalue weighted by Crippen LogP contribution is 2.23. The molecule has 0 aliphatic rings. The van der Waals surface area contributed by atoms with E-state index < -0.39 is 12.0 Å². The lowest BCUT2D eigenvalue weighted by Crippen LogP contribution is -2.43. The van der Waals surface area contributed by atoms with Gasteiger partial charge in [0.1, 0.15) is 5.69 Å². The summed E-state index contributed by atoms with van der Waals surface area (Å²) in [5.74, 6) is -0.816. The topological polar surface area (TPSA) is 79.5 Å². The quantitative estimate of drug-likeness (QED) is 0.546. The molecule has 2 aromatic heterocycles. The Morgan fingerprint density at radius 2 is 1.96 bits per heavy atom. The molecule has 1 unspecified atom stereocenters. The largest absolute Gasteiger partial charge is 0.461 e. The smallest absolute Gasteiger partial charge is 0.355 e. The average molecular weight is 391 g/mol. The number of esters is 1. The van der Waals surface area contributed by atoms with E-state index in [1.165, 1.54) is 11.3 Å². The molecule has 146 valence electrons. The van der Waals surface area contributed by atoms with Crippen molar-refractivity contribution in [3.05, 3.63) is 44.9 Å². The highest BCUT2D eigenvalue weighted by atomic mass is 32.1. The van der Waals surface area contributed by atoms with Crippen molar-refractivity contribution in [2.45, 2.75) is 47.1 Å². The fourth-order valence-corrected chi connectivity index (χ4v) is 3.81. The first-order valence-corrected chi connectivity index (χ1v) is 9.96. The first-order chi connectivity index (χ1) is 12.8. The normalized spacial score (nSPS) is 11.9. The fraction of sp³-hybridized carbons (Fsp3) is 0.450. The van der Waals surface area contributed by atoms with Crippen LogP contribution in [0.15, 0.2) is 17.5 Å². The summed E-state index contributed by atoms with van der Waals surface area (Å²) < 4.78 is 5.05. The number of aryl methyl sites for hydroxylation is 1. The third kappa shape index (κ3) is 4.30. The molecule has 1 atom stereocenters. The zero-order valence-electron chi connectivity index (χ0n) is 16.4. The number of aromatic nitrogens is 1. The molecule has 0 aromatic carbocycles. The molecule has 27 heavy (non-hydrogen) atoms. The molecule has 2 rings (SSSR count). The van der Waals surface area contributed by atoms with E-state index in [2.05, 4.69) is 4.98 Å².